The molecule has 0 unspecified atom stereocenters. The normalized spacial score (nSPS) is 12.1. The number of hydrogen-bond donors (Lipinski definition) is 0. The second kappa shape index (κ2) is 6.46. The van der Waals surface area contributed by atoms with E-state index in [1.807, 2.05) is 24.3 Å². The molecule has 2 aromatic rings. The molecular weight excluding hydrogens is 450 g/mol. The molecule has 0 bridgehead atoms. The molecule has 3 nitrogen and oxygen atoms in total. The Morgan fingerprint density at radius 2 is 2.00 bits per heavy atom. The van der Waals surface area contributed by atoms with Gasteiger partial charge in [-0.1, -0.05) is 39.7 Å². The van der Waals surface area contributed by atoms with E-state index >= 15 is 0 Å². The monoisotopic (exact) mass is 457 g/mol. The SMILES string of the molecule is CN(Cc1cccc(Br)c1)S(=O)(=O)c1cc(Cl)c(Br)s1. The third-order valence-electron chi connectivity index (χ3n) is 2.58. The topological polar surface area (TPSA) is 37.4 Å². The van der Waals surface area contributed by atoms with Gasteiger partial charge < -0.3 is 0 Å². The van der Waals surface area contributed by atoms with Crippen molar-refractivity contribution >= 4 is 64.8 Å². The van der Waals surface area contributed by atoms with Crippen LogP contribution in [0.3, 0.4) is 0 Å². The van der Waals surface area contributed by atoms with E-state index in [-0.39, 0.29) is 4.21 Å². The summed E-state index contributed by atoms with van der Waals surface area (Å²) < 4.78 is 27.9. The zero-order chi connectivity index (χ0) is 14.9. The van der Waals surface area contributed by atoms with Gasteiger partial charge in [0, 0.05) is 18.1 Å². The molecule has 0 radical (unpaired) electrons. The Hall–Kier alpha value is 0.0800. The number of nitrogens with zero attached hydrogens (tertiary/aromatic N) is 1. The Bertz CT molecular complexity index is 711. The predicted octanol–water partition coefficient (Wildman–Crippen LogP) is 4.75. The maximum Gasteiger partial charge on any atom is 0.252 e. The van der Waals surface area contributed by atoms with Gasteiger partial charge in [0.1, 0.15) is 4.21 Å². The molecule has 8 heteroatoms. The van der Waals surface area contributed by atoms with Crippen LogP contribution in [0.15, 0.2) is 42.8 Å². The van der Waals surface area contributed by atoms with Crippen molar-refractivity contribution in [3.8, 4) is 0 Å². The van der Waals surface area contributed by atoms with E-state index < -0.39 is 10.0 Å². The number of benzene rings is 1. The van der Waals surface area contributed by atoms with Gasteiger partial charge in [0.2, 0.25) is 0 Å². The highest BCUT2D eigenvalue weighted by Gasteiger charge is 2.24. The predicted molar refractivity (Wildman–Crippen MR) is 89.8 cm³/mol. The molecular formula is C12H10Br2ClNO2S2. The summed E-state index contributed by atoms with van der Waals surface area (Å²) in [6.45, 7) is 0.301. The van der Waals surface area contributed by atoms with Crippen LogP contribution >= 0.6 is 54.8 Å². The van der Waals surface area contributed by atoms with E-state index in [0.29, 0.717) is 15.4 Å². The van der Waals surface area contributed by atoms with Crippen LogP contribution in [0.4, 0.5) is 0 Å². The first kappa shape index (κ1) is 16.5. The maximum atomic E-state index is 12.4. The lowest BCUT2D eigenvalue weighted by molar-refractivity contribution is 0.468. The van der Waals surface area contributed by atoms with Gasteiger partial charge in [-0.3, -0.25) is 0 Å². The quantitative estimate of drug-likeness (QED) is 0.662. The third kappa shape index (κ3) is 3.64. The molecule has 0 saturated carbocycles. The van der Waals surface area contributed by atoms with E-state index in [2.05, 4.69) is 31.9 Å². The Morgan fingerprint density at radius 1 is 1.30 bits per heavy atom. The molecule has 0 aliphatic carbocycles. The van der Waals surface area contributed by atoms with Crippen molar-refractivity contribution < 1.29 is 8.42 Å². The number of sulfonamides is 1. The van der Waals surface area contributed by atoms with E-state index in [9.17, 15) is 8.42 Å². The van der Waals surface area contributed by atoms with Crippen molar-refractivity contribution in [2.24, 2.45) is 0 Å². The number of rotatable bonds is 4. The fourth-order valence-corrected chi connectivity index (χ4v) is 5.80. The molecule has 2 rings (SSSR count). The summed E-state index contributed by atoms with van der Waals surface area (Å²) in [5.74, 6) is 0. The summed E-state index contributed by atoms with van der Waals surface area (Å²) in [6.07, 6.45) is 0. The largest absolute Gasteiger partial charge is 0.252 e. The van der Waals surface area contributed by atoms with Crippen LogP contribution in [-0.4, -0.2) is 19.8 Å². The second-order valence-corrected chi connectivity index (χ2v) is 10.0. The summed E-state index contributed by atoms with van der Waals surface area (Å²) in [4.78, 5) is 0. The van der Waals surface area contributed by atoms with Crippen LogP contribution in [0, 0.1) is 0 Å². The van der Waals surface area contributed by atoms with E-state index in [1.54, 1.807) is 7.05 Å². The summed E-state index contributed by atoms with van der Waals surface area (Å²) in [6, 6.07) is 9.01. The van der Waals surface area contributed by atoms with Gasteiger partial charge in [0.15, 0.2) is 0 Å². The van der Waals surface area contributed by atoms with Crippen molar-refractivity contribution in [1.29, 1.82) is 0 Å². The zero-order valence-electron chi connectivity index (χ0n) is 10.3. The molecule has 0 fully saturated rings. The van der Waals surface area contributed by atoms with Crippen LogP contribution < -0.4 is 0 Å². The minimum atomic E-state index is -3.53. The third-order valence-corrected chi connectivity index (χ3v) is 7.80. The lowest BCUT2D eigenvalue weighted by atomic mass is 10.2. The van der Waals surface area contributed by atoms with Gasteiger partial charge in [0.05, 0.1) is 8.81 Å². The molecule has 0 N–H and O–H groups in total. The minimum absolute atomic E-state index is 0.229. The van der Waals surface area contributed by atoms with Gasteiger partial charge in [-0.15, -0.1) is 11.3 Å². The highest BCUT2D eigenvalue weighted by atomic mass is 79.9. The Kier molecular flexibility index (Phi) is 5.31. The molecule has 0 atom stereocenters. The standard InChI is InChI=1S/C12H10Br2ClNO2S2/c1-16(7-8-3-2-4-9(13)5-8)20(17,18)11-6-10(15)12(14)19-11/h2-6H,7H2,1H3. The molecule has 1 aromatic heterocycles. The molecule has 20 heavy (non-hydrogen) atoms. The first-order valence-electron chi connectivity index (χ1n) is 5.46. The van der Waals surface area contributed by atoms with Gasteiger partial charge >= 0.3 is 0 Å². The van der Waals surface area contributed by atoms with E-state index in [1.165, 1.54) is 10.4 Å². The summed E-state index contributed by atoms with van der Waals surface area (Å²) in [5.41, 5.74) is 0.909. The van der Waals surface area contributed by atoms with Crippen LogP contribution in [0.25, 0.3) is 0 Å². The molecule has 1 heterocycles. The molecule has 0 amide bonds. The fraction of sp³-hybridized carbons (Fsp3) is 0.167. The molecule has 0 aliphatic heterocycles. The maximum absolute atomic E-state index is 12.4. The van der Waals surface area contributed by atoms with Crippen LogP contribution in [0.2, 0.25) is 5.02 Å². The summed E-state index contributed by atoms with van der Waals surface area (Å²) in [5, 5.41) is 0.407. The van der Waals surface area contributed by atoms with Crippen LogP contribution in [0.1, 0.15) is 5.56 Å². The highest BCUT2D eigenvalue weighted by molar-refractivity contribution is 9.11. The Labute approximate surface area is 143 Å². The summed E-state index contributed by atoms with van der Waals surface area (Å²) in [7, 11) is -1.98. The molecule has 1 aromatic carbocycles. The van der Waals surface area contributed by atoms with Crippen LogP contribution in [0.5, 0.6) is 0 Å². The fourth-order valence-electron chi connectivity index (χ4n) is 1.58. The zero-order valence-corrected chi connectivity index (χ0v) is 15.9. The Morgan fingerprint density at radius 3 is 2.55 bits per heavy atom. The average Bonchev–Trinajstić information content (AvgIpc) is 2.70. The van der Waals surface area contributed by atoms with Crippen molar-refractivity contribution in [2.75, 3.05) is 7.05 Å². The second-order valence-electron chi connectivity index (χ2n) is 4.08. The number of thiophene rings is 1. The lowest BCUT2D eigenvalue weighted by Crippen LogP contribution is -2.25. The highest BCUT2D eigenvalue weighted by Crippen LogP contribution is 2.35. The van der Waals surface area contributed by atoms with Crippen molar-refractivity contribution in [2.45, 2.75) is 10.8 Å². The summed E-state index contributed by atoms with van der Waals surface area (Å²) >= 11 is 13.6. The average molecular weight is 460 g/mol. The first-order valence-corrected chi connectivity index (χ1v) is 9.68. The van der Waals surface area contributed by atoms with Crippen molar-refractivity contribution in [1.82, 2.24) is 4.31 Å². The molecule has 108 valence electrons. The van der Waals surface area contributed by atoms with Crippen molar-refractivity contribution in [3.05, 3.63) is 49.2 Å². The van der Waals surface area contributed by atoms with Gasteiger partial charge in [-0.05, 0) is 39.7 Å². The van der Waals surface area contributed by atoms with Gasteiger partial charge in [-0.2, -0.15) is 4.31 Å². The minimum Gasteiger partial charge on any atom is -0.206 e. The van der Waals surface area contributed by atoms with Crippen molar-refractivity contribution in [3.63, 3.8) is 0 Å². The van der Waals surface area contributed by atoms with E-state index in [0.717, 1.165) is 21.4 Å². The van der Waals surface area contributed by atoms with Gasteiger partial charge in [-0.25, -0.2) is 8.42 Å². The lowest BCUT2D eigenvalue weighted by Gasteiger charge is -2.16. The smallest absolute Gasteiger partial charge is 0.206 e. The van der Waals surface area contributed by atoms with Gasteiger partial charge in [0.25, 0.3) is 10.0 Å². The molecule has 0 spiro atoms. The first-order chi connectivity index (χ1) is 9.30. The number of halogens is 3. The Balaban J connectivity index is 2.25. The molecule has 0 aliphatic rings. The number of hydrogen-bond acceptors (Lipinski definition) is 3. The van der Waals surface area contributed by atoms with E-state index in [4.69, 9.17) is 11.6 Å². The molecule has 0 saturated heterocycles. The van der Waals surface area contributed by atoms with Crippen LogP contribution in [-0.2, 0) is 16.6 Å².